The van der Waals surface area contributed by atoms with Gasteiger partial charge < -0.3 is 20.1 Å². The second-order valence-electron chi connectivity index (χ2n) is 6.23. The average molecular weight is 365 g/mol. The van der Waals surface area contributed by atoms with Crippen molar-refractivity contribution in [1.29, 1.82) is 0 Å². The number of nitrogens with one attached hydrogen (secondary N) is 2. The van der Waals surface area contributed by atoms with E-state index in [9.17, 15) is 13.6 Å². The lowest BCUT2D eigenvalue weighted by Crippen LogP contribution is -2.30. The van der Waals surface area contributed by atoms with Gasteiger partial charge in [-0.15, -0.1) is 13.9 Å². The summed E-state index contributed by atoms with van der Waals surface area (Å²) >= 11 is 0. The molecule has 0 saturated carbocycles. The highest BCUT2D eigenvalue weighted by Crippen LogP contribution is 2.42. The lowest BCUT2D eigenvalue weighted by molar-refractivity contribution is -0.286. The molecule has 0 aliphatic carbocycles. The number of ether oxygens (including phenoxy) is 2. The maximum Gasteiger partial charge on any atom is 0.586 e. The van der Waals surface area contributed by atoms with Crippen LogP contribution in [0.4, 0.5) is 14.5 Å². The van der Waals surface area contributed by atoms with Gasteiger partial charge in [-0.05, 0) is 45.0 Å². The third kappa shape index (κ3) is 3.07. The van der Waals surface area contributed by atoms with Gasteiger partial charge in [0.25, 0.3) is 5.91 Å². The zero-order valence-corrected chi connectivity index (χ0v) is 14.0. The Balaban J connectivity index is 1.50. The summed E-state index contributed by atoms with van der Waals surface area (Å²) in [6, 6.07) is 4.25. The van der Waals surface area contributed by atoms with Crippen LogP contribution in [0.15, 0.2) is 18.2 Å². The first-order valence-electron chi connectivity index (χ1n) is 8.27. The Morgan fingerprint density at radius 1 is 1.31 bits per heavy atom. The van der Waals surface area contributed by atoms with Crippen molar-refractivity contribution >= 4 is 11.6 Å². The maximum atomic E-state index is 13.1. The number of hydrogen-bond donors (Lipinski definition) is 2. The first kappa shape index (κ1) is 16.7. The summed E-state index contributed by atoms with van der Waals surface area (Å²) in [4.78, 5) is 12.5. The highest BCUT2D eigenvalue weighted by atomic mass is 19.3. The second kappa shape index (κ2) is 6.20. The van der Waals surface area contributed by atoms with Gasteiger partial charge in [-0.25, -0.2) is 4.68 Å². The Kier molecular flexibility index (Phi) is 3.98. The Labute approximate surface area is 147 Å². The number of fused-ring (bicyclic) bond motifs is 1. The topological polar surface area (TPSA) is 90.3 Å². The van der Waals surface area contributed by atoms with E-state index in [1.54, 1.807) is 11.6 Å². The third-order valence-corrected chi connectivity index (χ3v) is 4.46. The van der Waals surface area contributed by atoms with Crippen molar-refractivity contribution in [2.24, 2.45) is 0 Å². The van der Waals surface area contributed by atoms with Crippen LogP contribution in [-0.4, -0.2) is 40.3 Å². The van der Waals surface area contributed by atoms with Gasteiger partial charge >= 0.3 is 6.29 Å². The highest BCUT2D eigenvalue weighted by Gasteiger charge is 2.43. The van der Waals surface area contributed by atoms with Crippen molar-refractivity contribution in [1.82, 2.24) is 20.3 Å². The molecule has 0 bridgehead atoms. The van der Waals surface area contributed by atoms with Crippen LogP contribution in [0.3, 0.4) is 0 Å². The molecule has 8 nitrogen and oxygen atoms in total. The van der Waals surface area contributed by atoms with Gasteiger partial charge in [-0.2, -0.15) is 0 Å². The molecular weight excluding hydrogens is 348 g/mol. The molecule has 2 aliphatic heterocycles. The van der Waals surface area contributed by atoms with Gasteiger partial charge in [0.15, 0.2) is 17.2 Å². The van der Waals surface area contributed by atoms with E-state index in [0.717, 1.165) is 25.9 Å². The number of carbonyl (C=O) groups excluding carboxylic acids is 1. The summed E-state index contributed by atoms with van der Waals surface area (Å²) in [7, 11) is 0. The quantitative estimate of drug-likeness (QED) is 0.866. The molecule has 0 unspecified atom stereocenters. The monoisotopic (exact) mass is 365 g/mol. The van der Waals surface area contributed by atoms with E-state index < -0.39 is 12.2 Å². The fraction of sp³-hybridized carbons (Fsp3) is 0.438. The number of halogens is 2. The number of benzene rings is 1. The normalized spacial score (nSPS) is 18.7. The predicted octanol–water partition coefficient (Wildman–Crippen LogP) is 2.08. The molecule has 26 heavy (non-hydrogen) atoms. The minimum absolute atomic E-state index is 0.0824. The van der Waals surface area contributed by atoms with Crippen LogP contribution in [-0.2, 0) is 0 Å². The minimum atomic E-state index is -3.70. The number of amides is 1. The number of piperidine rings is 1. The van der Waals surface area contributed by atoms with Gasteiger partial charge in [0.05, 0.1) is 11.7 Å². The van der Waals surface area contributed by atoms with Crippen LogP contribution >= 0.6 is 0 Å². The van der Waals surface area contributed by atoms with Crippen LogP contribution in [0.5, 0.6) is 11.5 Å². The summed E-state index contributed by atoms with van der Waals surface area (Å²) in [5.41, 5.74) is 1.17. The average Bonchev–Trinajstić information content (AvgIpc) is 3.13. The van der Waals surface area contributed by atoms with Crippen molar-refractivity contribution in [3.63, 3.8) is 0 Å². The first-order valence-corrected chi connectivity index (χ1v) is 8.27. The number of anilines is 1. The van der Waals surface area contributed by atoms with Crippen LogP contribution in [0.2, 0.25) is 0 Å². The van der Waals surface area contributed by atoms with E-state index in [0.29, 0.717) is 11.4 Å². The highest BCUT2D eigenvalue weighted by molar-refractivity contribution is 6.03. The van der Waals surface area contributed by atoms with E-state index in [4.69, 9.17) is 0 Å². The molecule has 1 amide bonds. The van der Waals surface area contributed by atoms with E-state index in [1.807, 2.05) is 0 Å². The Bertz CT molecular complexity index is 848. The fourth-order valence-electron chi connectivity index (χ4n) is 3.17. The number of aromatic nitrogens is 3. The minimum Gasteiger partial charge on any atom is -0.395 e. The van der Waals surface area contributed by atoms with Crippen molar-refractivity contribution in [3.05, 3.63) is 29.6 Å². The molecule has 4 rings (SSSR count). The van der Waals surface area contributed by atoms with Crippen molar-refractivity contribution in [2.75, 3.05) is 18.4 Å². The molecule has 0 radical (unpaired) electrons. The molecular formula is C16H17F2N5O3. The van der Waals surface area contributed by atoms with Crippen molar-refractivity contribution in [2.45, 2.75) is 32.1 Å². The summed E-state index contributed by atoms with van der Waals surface area (Å²) in [6.07, 6.45) is -1.86. The maximum absolute atomic E-state index is 13.1. The van der Waals surface area contributed by atoms with Gasteiger partial charge in [0.2, 0.25) is 0 Å². The molecule has 0 atom stereocenters. The van der Waals surface area contributed by atoms with Crippen LogP contribution in [0, 0.1) is 6.92 Å². The summed E-state index contributed by atoms with van der Waals surface area (Å²) in [6.45, 7) is 3.58. The SMILES string of the molecule is Cc1c(C(=O)Nc2ccc3c(c2)OC(F)(F)O3)nnn1C1CCNCC1. The zero-order chi connectivity index (χ0) is 18.3. The molecule has 1 saturated heterocycles. The van der Waals surface area contributed by atoms with E-state index in [1.165, 1.54) is 18.2 Å². The van der Waals surface area contributed by atoms with E-state index in [2.05, 4.69) is 30.4 Å². The van der Waals surface area contributed by atoms with Gasteiger partial charge in [0, 0.05) is 11.8 Å². The number of hydrogen-bond acceptors (Lipinski definition) is 6. The molecule has 1 aromatic carbocycles. The largest absolute Gasteiger partial charge is 0.586 e. The lowest BCUT2D eigenvalue weighted by atomic mass is 10.1. The van der Waals surface area contributed by atoms with Crippen LogP contribution in [0.1, 0.15) is 35.1 Å². The molecule has 10 heteroatoms. The van der Waals surface area contributed by atoms with Crippen LogP contribution < -0.4 is 20.1 Å². The Morgan fingerprint density at radius 3 is 2.81 bits per heavy atom. The summed E-state index contributed by atoms with van der Waals surface area (Å²) in [5.74, 6) is -0.683. The Hall–Kier alpha value is -2.75. The number of rotatable bonds is 3. The van der Waals surface area contributed by atoms with E-state index >= 15 is 0 Å². The fourth-order valence-corrected chi connectivity index (χ4v) is 3.17. The molecule has 138 valence electrons. The molecule has 1 aromatic heterocycles. The molecule has 2 aliphatic rings. The van der Waals surface area contributed by atoms with Crippen molar-refractivity contribution in [3.8, 4) is 11.5 Å². The predicted molar refractivity (Wildman–Crippen MR) is 86.5 cm³/mol. The first-order chi connectivity index (χ1) is 12.4. The summed E-state index contributed by atoms with van der Waals surface area (Å²) < 4.78 is 36.6. The van der Waals surface area contributed by atoms with Gasteiger partial charge in [-0.1, -0.05) is 5.21 Å². The van der Waals surface area contributed by atoms with Crippen molar-refractivity contribution < 1.29 is 23.0 Å². The molecule has 3 heterocycles. The molecule has 1 fully saturated rings. The van der Waals surface area contributed by atoms with E-state index in [-0.39, 0.29) is 23.2 Å². The number of carbonyl (C=O) groups is 1. The molecule has 2 aromatic rings. The van der Waals surface area contributed by atoms with Gasteiger partial charge in [0.1, 0.15) is 0 Å². The zero-order valence-electron chi connectivity index (χ0n) is 14.0. The van der Waals surface area contributed by atoms with Crippen LogP contribution in [0.25, 0.3) is 0 Å². The molecule has 2 N–H and O–H groups in total. The summed E-state index contributed by atoms with van der Waals surface area (Å²) in [5, 5.41) is 14.0. The Morgan fingerprint density at radius 2 is 2.04 bits per heavy atom. The number of nitrogens with zero attached hydrogens (tertiary/aromatic N) is 3. The molecule has 0 spiro atoms. The third-order valence-electron chi connectivity index (χ3n) is 4.46. The lowest BCUT2D eigenvalue weighted by Gasteiger charge is -2.23. The second-order valence-corrected chi connectivity index (χ2v) is 6.23. The standard InChI is InChI=1S/C16H17F2N5O3/c1-9-14(21-22-23(9)11-4-6-19-7-5-11)15(24)20-10-2-3-12-13(8-10)26-16(17,18)25-12/h2-3,8,11,19H,4-7H2,1H3,(H,20,24). The van der Waals surface area contributed by atoms with Gasteiger partial charge in [-0.3, -0.25) is 4.79 Å². The number of alkyl halides is 2. The smallest absolute Gasteiger partial charge is 0.395 e.